The van der Waals surface area contributed by atoms with Crippen LogP contribution in [0.4, 0.5) is 4.79 Å². The highest BCUT2D eigenvalue weighted by molar-refractivity contribution is 7.10. The molecule has 1 saturated heterocycles. The van der Waals surface area contributed by atoms with Gasteiger partial charge in [-0.15, -0.1) is 11.3 Å². The lowest BCUT2D eigenvalue weighted by Crippen LogP contribution is -2.42. The number of thiophene rings is 1. The second kappa shape index (κ2) is 6.71. The number of urea groups is 1. The monoisotopic (exact) mass is 297 g/mol. The first-order valence-electron chi connectivity index (χ1n) is 6.55. The van der Waals surface area contributed by atoms with Gasteiger partial charge in [-0.25, -0.2) is 9.59 Å². The molecule has 3 N–H and O–H groups in total. The highest BCUT2D eigenvalue weighted by Crippen LogP contribution is 2.19. The van der Waals surface area contributed by atoms with Crippen molar-refractivity contribution >= 4 is 23.3 Å². The smallest absolute Gasteiger partial charge is 0.331 e. The van der Waals surface area contributed by atoms with Crippen molar-refractivity contribution in [3.63, 3.8) is 0 Å². The molecule has 2 rings (SSSR count). The lowest BCUT2D eigenvalue weighted by Gasteiger charge is -2.16. The third kappa shape index (κ3) is 3.94. The van der Waals surface area contributed by atoms with Gasteiger partial charge in [0.15, 0.2) is 6.04 Å². The zero-order valence-electron chi connectivity index (χ0n) is 11.3. The summed E-state index contributed by atoms with van der Waals surface area (Å²) >= 11 is 1.32. The number of carbonyl (C=O) groups excluding carboxylic acids is 1. The van der Waals surface area contributed by atoms with Crippen molar-refractivity contribution in [1.82, 2.24) is 15.5 Å². The van der Waals surface area contributed by atoms with Crippen molar-refractivity contribution in [2.75, 3.05) is 26.7 Å². The molecule has 2 unspecified atom stereocenters. The number of rotatable bonds is 5. The average molecular weight is 297 g/mol. The van der Waals surface area contributed by atoms with E-state index in [-0.39, 0.29) is 0 Å². The van der Waals surface area contributed by atoms with Gasteiger partial charge in [-0.05, 0) is 37.4 Å². The van der Waals surface area contributed by atoms with Crippen LogP contribution in [0.2, 0.25) is 0 Å². The fourth-order valence-electron chi connectivity index (χ4n) is 2.32. The molecule has 110 valence electrons. The first-order valence-corrected chi connectivity index (χ1v) is 7.43. The van der Waals surface area contributed by atoms with Gasteiger partial charge in [-0.1, -0.05) is 6.07 Å². The lowest BCUT2D eigenvalue weighted by molar-refractivity contribution is -0.139. The Balaban J connectivity index is 1.81. The Morgan fingerprint density at radius 3 is 2.95 bits per heavy atom. The molecule has 1 aromatic rings. The van der Waals surface area contributed by atoms with E-state index in [1.54, 1.807) is 17.5 Å². The van der Waals surface area contributed by atoms with Crippen LogP contribution in [0.3, 0.4) is 0 Å². The van der Waals surface area contributed by atoms with Crippen molar-refractivity contribution < 1.29 is 14.7 Å². The fraction of sp³-hybridized carbons (Fsp3) is 0.538. The number of hydrogen-bond donors (Lipinski definition) is 3. The third-order valence-corrected chi connectivity index (χ3v) is 4.33. The summed E-state index contributed by atoms with van der Waals surface area (Å²) in [5.41, 5.74) is 0. The van der Waals surface area contributed by atoms with Crippen molar-refractivity contribution in [3.8, 4) is 0 Å². The number of carboxylic acids is 1. The maximum absolute atomic E-state index is 11.8. The summed E-state index contributed by atoms with van der Waals surface area (Å²) in [6.45, 7) is 2.58. The Morgan fingerprint density at radius 1 is 1.60 bits per heavy atom. The predicted octanol–water partition coefficient (Wildman–Crippen LogP) is 1.12. The Hall–Kier alpha value is -1.60. The van der Waals surface area contributed by atoms with Crippen molar-refractivity contribution in [2.45, 2.75) is 12.5 Å². The Kier molecular flexibility index (Phi) is 4.97. The van der Waals surface area contributed by atoms with Gasteiger partial charge < -0.3 is 20.6 Å². The number of amides is 2. The number of carboxylic acid groups (broad SMARTS) is 1. The fourth-order valence-corrected chi connectivity index (χ4v) is 3.09. The molecule has 1 aliphatic heterocycles. The highest BCUT2D eigenvalue weighted by atomic mass is 32.1. The number of aliphatic carboxylic acids is 1. The van der Waals surface area contributed by atoms with Gasteiger partial charge in [-0.3, -0.25) is 0 Å². The molecule has 0 aliphatic carbocycles. The van der Waals surface area contributed by atoms with Crippen LogP contribution < -0.4 is 10.6 Å². The first-order chi connectivity index (χ1) is 9.56. The lowest BCUT2D eigenvalue weighted by atomic mass is 10.1. The van der Waals surface area contributed by atoms with Gasteiger partial charge in [0.25, 0.3) is 0 Å². The minimum atomic E-state index is -1.05. The molecule has 2 heterocycles. The van der Waals surface area contributed by atoms with Gasteiger partial charge >= 0.3 is 12.0 Å². The summed E-state index contributed by atoms with van der Waals surface area (Å²) in [6.07, 6.45) is 1.06. The van der Waals surface area contributed by atoms with Crippen LogP contribution in [-0.2, 0) is 4.79 Å². The summed E-state index contributed by atoms with van der Waals surface area (Å²) < 4.78 is 0. The molecule has 6 nitrogen and oxygen atoms in total. The van der Waals surface area contributed by atoms with E-state index in [1.807, 2.05) is 0 Å². The quantitative estimate of drug-likeness (QED) is 0.761. The van der Waals surface area contributed by atoms with Gasteiger partial charge in [0.05, 0.1) is 0 Å². The molecule has 0 radical (unpaired) electrons. The summed E-state index contributed by atoms with van der Waals surface area (Å²) in [5.74, 6) is -0.612. The van der Waals surface area contributed by atoms with E-state index in [9.17, 15) is 9.59 Å². The Labute approximate surface area is 121 Å². The van der Waals surface area contributed by atoms with E-state index in [4.69, 9.17) is 5.11 Å². The Bertz CT molecular complexity index is 463. The van der Waals surface area contributed by atoms with Gasteiger partial charge in [0.1, 0.15) is 0 Å². The number of likely N-dealkylation sites (tertiary alicyclic amines) is 1. The van der Waals surface area contributed by atoms with E-state index in [2.05, 4.69) is 22.6 Å². The summed E-state index contributed by atoms with van der Waals surface area (Å²) in [6, 6.07) is 2.06. The molecule has 1 aromatic heterocycles. The highest BCUT2D eigenvalue weighted by Gasteiger charge is 2.24. The van der Waals surface area contributed by atoms with Crippen molar-refractivity contribution in [3.05, 3.63) is 22.4 Å². The maximum Gasteiger partial charge on any atom is 0.331 e. The second-order valence-corrected chi connectivity index (χ2v) is 6.04. The molecular weight excluding hydrogens is 278 g/mol. The number of nitrogens with zero attached hydrogens (tertiary/aromatic N) is 1. The zero-order valence-corrected chi connectivity index (χ0v) is 12.2. The summed E-state index contributed by atoms with van der Waals surface area (Å²) in [4.78, 5) is 25.8. The average Bonchev–Trinajstić information content (AvgIpc) is 3.04. The van der Waals surface area contributed by atoms with Gasteiger partial charge in [0, 0.05) is 18.0 Å². The van der Waals surface area contributed by atoms with Crippen LogP contribution in [0.5, 0.6) is 0 Å². The normalized spacial score (nSPS) is 20.6. The van der Waals surface area contributed by atoms with Crippen LogP contribution in [0.25, 0.3) is 0 Å². The van der Waals surface area contributed by atoms with Crippen LogP contribution in [0.15, 0.2) is 17.5 Å². The Morgan fingerprint density at radius 2 is 2.40 bits per heavy atom. The second-order valence-electron chi connectivity index (χ2n) is 5.06. The van der Waals surface area contributed by atoms with Gasteiger partial charge in [-0.2, -0.15) is 0 Å². The van der Waals surface area contributed by atoms with Crippen LogP contribution in [0, 0.1) is 5.92 Å². The first kappa shape index (κ1) is 14.8. The number of hydrogen-bond acceptors (Lipinski definition) is 4. The van der Waals surface area contributed by atoms with Crippen LogP contribution >= 0.6 is 11.3 Å². The van der Waals surface area contributed by atoms with E-state index >= 15 is 0 Å². The largest absolute Gasteiger partial charge is 0.479 e. The van der Waals surface area contributed by atoms with E-state index in [0.29, 0.717) is 17.3 Å². The molecule has 20 heavy (non-hydrogen) atoms. The summed E-state index contributed by atoms with van der Waals surface area (Å²) in [5, 5.41) is 16.2. The SMILES string of the molecule is CN1CCC(CNC(=O)NC(C(=O)O)c2cccs2)C1. The molecule has 1 fully saturated rings. The maximum atomic E-state index is 11.8. The molecule has 1 aliphatic rings. The van der Waals surface area contributed by atoms with Crippen LogP contribution in [-0.4, -0.2) is 48.7 Å². The van der Waals surface area contributed by atoms with Gasteiger partial charge in [0.2, 0.25) is 0 Å². The molecular formula is C13H19N3O3S. The molecule has 7 heteroatoms. The van der Waals surface area contributed by atoms with E-state index < -0.39 is 18.0 Å². The van der Waals surface area contributed by atoms with Crippen LogP contribution in [0.1, 0.15) is 17.3 Å². The minimum Gasteiger partial charge on any atom is -0.479 e. The van der Waals surface area contributed by atoms with E-state index in [0.717, 1.165) is 19.5 Å². The third-order valence-electron chi connectivity index (χ3n) is 3.39. The zero-order chi connectivity index (χ0) is 14.5. The van der Waals surface area contributed by atoms with Crippen molar-refractivity contribution in [1.29, 1.82) is 0 Å². The molecule has 0 spiro atoms. The topological polar surface area (TPSA) is 81.7 Å². The molecule has 0 saturated carbocycles. The molecule has 0 bridgehead atoms. The molecule has 2 atom stereocenters. The van der Waals surface area contributed by atoms with E-state index in [1.165, 1.54) is 11.3 Å². The standard InChI is InChI=1S/C13H19N3O3S/c1-16-5-4-9(8-16)7-14-13(19)15-11(12(17)18)10-3-2-6-20-10/h2-3,6,9,11H,4-5,7-8H2,1H3,(H,17,18)(H2,14,15,19). The predicted molar refractivity (Wildman–Crippen MR) is 76.8 cm³/mol. The van der Waals surface area contributed by atoms with Crippen molar-refractivity contribution in [2.24, 2.45) is 5.92 Å². The number of nitrogens with one attached hydrogen (secondary N) is 2. The number of carbonyl (C=O) groups is 2. The molecule has 2 amide bonds. The molecule has 0 aromatic carbocycles. The minimum absolute atomic E-state index is 0.430. The summed E-state index contributed by atoms with van der Waals surface area (Å²) in [7, 11) is 2.05.